The van der Waals surface area contributed by atoms with E-state index in [-0.39, 0.29) is 24.9 Å². The fourth-order valence-corrected chi connectivity index (χ4v) is 2.73. The second-order valence-corrected chi connectivity index (χ2v) is 6.14. The van der Waals surface area contributed by atoms with Gasteiger partial charge in [-0.3, -0.25) is 4.79 Å². The van der Waals surface area contributed by atoms with E-state index in [9.17, 15) is 13.6 Å². The molecule has 0 bridgehead atoms. The zero-order valence-corrected chi connectivity index (χ0v) is 13.6. The van der Waals surface area contributed by atoms with Crippen LogP contribution in [-0.2, 0) is 4.79 Å². The molecule has 6 nitrogen and oxygen atoms in total. The van der Waals surface area contributed by atoms with Gasteiger partial charge in [0, 0.05) is 23.0 Å². The Balaban J connectivity index is 1.59. The van der Waals surface area contributed by atoms with Crippen molar-refractivity contribution >= 4 is 23.5 Å². The Labute approximate surface area is 141 Å². The predicted molar refractivity (Wildman–Crippen MR) is 84.0 cm³/mol. The maximum atomic E-state index is 13.3. The van der Waals surface area contributed by atoms with Crippen LogP contribution in [0.25, 0.3) is 11.5 Å². The Bertz CT molecular complexity index is 735. The molecule has 9 heteroatoms. The lowest BCUT2D eigenvalue weighted by Crippen LogP contribution is -2.38. The van der Waals surface area contributed by atoms with Crippen LogP contribution < -0.4 is 5.32 Å². The highest BCUT2D eigenvalue weighted by molar-refractivity contribution is 6.30. The third-order valence-corrected chi connectivity index (χ3v) is 4.01. The Morgan fingerprint density at radius 3 is 2.75 bits per heavy atom. The van der Waals surface area contributed by atoms with Crippen molar-refractivity contribution in [1.29, 1.82) is 0 Å². The van der Waals surface area contributed by atoms with E-state index in [2.05, 4.69) is 15.5 Å². The van der Waals surface area contributed by atoms with Gasteiger partial charge in [-0.15, -0.1) is 5.10 Å². The van der Waals surface area contributed by atoms with E-state index in [1.807, 2.05) is 0 Å². The van der Waals surface area contributed by atoms with E-state index < -0.39 is 24.4 Å². The minimum atomic E-state index is -2.83. The van der Waals surface area contributed by atoms with Gasteiger partial charge < -0.3 is 14.6 Å². The first-order valence-corrected chi connectivity index (χ1v) is 7.72. The fraction of sp³-hybridized carbons (Fsp3) is 0.400. The number of alkyl halides is 2. The number of hydrogen-bond donors (Lipinski definition) is 1. The van der Waals surface area contributed by atoms with Gasteiger partial charge in [0.2, 0.25) is 11.8 Å². The van der Waals surface area contributed by atoms with Gasteiger partial charge >= 0.3 is 6.01 Å². The maximum absolute atomic E-state index is 13.3. The van der Waals surface area contributed by atoms with Crippen LogP contribution in [0.3, 0.4) is 0 Å². The van der Waals surface area contributed by atoms with Crippen LogP contribution in [0.2, 0.25) is 5.02 Å². The lowest BCUT2D eigenvalue weighted by Gasteiger charge is -2.20. The number of likely N-dealkylation sites (tertiary alicyclic amines) is 1. The van der Waals surface area contributed by atoms with Crippen LogP contribution in [0.15, 0.2) is 28.7 Å². The lowest BCUT2D eigenvalue weighted by molar-refractivity contribution is -0.131. The molecule has 1 N–H and O–H groups in total. The number of nitrogens with zero attached hydrogens (tertiary/aromatic N) is 3. The van der Waals surface area contributed by atoms with E-state index >= 15 is 0 Å². The largest absolute Gasteiger partial charge is 0.403 e. The summed E-state index contributed by atoms with van der Waals surface area (Å²) in [6, 6.07) is 6.37. The standard InChI is InChI=1S/C15H15ClF2N4O2/c1-9-6-15(17,18)8-22(9)12(23)7-19-14-21-20-13(24-14)10-2-4-11(16)5-3-10/h2-5,9H,6-8H2,1H3,(H,19,21). The molecule has 1 aromatic carbocycles. The summed E-state index contributed by atoms with van der Waals surface area (Å²) in [4.78, 5) is 13.2. The third-order valence-electron chi connectivity index (χ3n) is 3.76. The van der Waals surface area contributed by atoms with E-state index in [0.717, 1.165) is 4.90 Å². The molecule has 1 saturated heterocycles. The van der Waals surface area contributed by atoms with Gasteiger partial charge in [0.25, 0.3) is 5.92 Å². The summed E-state index contributed by atoms with van der Waals surface area (Å²) in [5.41, 5.74) is 0.680. The molecular formula is C15H15ClF2N4O2. The molecular weight excluding hydrogens is 342 g/mol. The summed E-state index contributed by atoms with van der Waals surface area (Å²) in [5, 5.41) is 10.9. The summed E-state index contributed by atoms with van der Waals surface area (Å²) in [7, 11) is 0. The van der Waals surface area contributed by atoms with Crippen LogP contribution in [0, 0.1) is 0 Å². The number of aromatic nitrogens is 2. The number of benzene rings is 1. The van der Waals surface area contributed by atoms with Gasteiger partial charge in [-0.1, -0.05) is 16.7 Å². The van der Waals surface area contributed by atoms with Crippen LogP contribution in [0.1, 0.15) is 13.3 Å². The first-order valence-electron chi connectivity index (χ1n) is 7.35. The Morgan fingerprint density at radius 1 is 1.42 bits per heavy atom. The normalized spacial score (nSPS) is 19.5. The molecule has 128 valence electrons. The molecule has 3 rings (SSSR count). The van der Waals surface area contributed by atoms with Gasteiger partial charge in [-0.25, -0.2) is 8.78 Å². The fourth-order valence-electron chi connectivity index (χ4n) is 2.60. The van der Waals surface area contributed by atoms with Crippen LogP contribution >= 0.6 is 11.6 Å². The molecule has 0 radical (unpaired) electrons. The molecule has 1 aliphatic rings. The Kier molecular flexibility index (Phi) is 4.40. The minimum Gasteiger partial charge on any atom is -0.403 e. The number of nitrogens with one attached hydrogen (secondary N) is 1. The highest BCUT2D eigenvalue weighted by Gasteiger charge is 2.44. The Hall–Kier alpha value is -2.22. The van der Waals surface area contributed by atoms with Crippen LogP contribution in [-0.4, -0.2) is 46.1 Å². The quantitative estimate of drug-likeness (QED) is 0.911. The van der Waals surface area contributed by atoms with Crippen molar-refractivity contribution in [2.45, 2.75) is 25.3 Å². The summed E-state index contributed by atoms with van der Waals surface area (Å²) >= 11 is 5.81. The van der Waals surface area contributed by atoms with Crippen LogP contribution in [0.5, 0.6) is 0 Å². The number of carbonyl (C=O) groups is 1. The molecule has 2 heterocycles. The lowest BCUT2D eigenvalue weighted by atomic mass is 10.2. The predicted octanol–water partition coefficient (Wildman–Crippen LogP) is 3.06. The SMILES string of the molecule is CC1CC(F)(F)CN1C(=O)CNc1nnc(-c2ccc(Cl)cc2)o1. The van der Waals surface area contributed by atoms with E-state index in [1.165, 1.54) is 0 Å². The molecule has 1 aromatic heterocycles. The smallest absolute Gasteiger partial charge is 0.316 e. The molecule has 1 fully saturated rings. The van der Waals surface area contributed by atoms with Gasteiger partial charge in [0.15, 0.2) is 0 Å². The van der Waals surface area contributed by atoms with E-state index in [1.54, 1.807) is 31.2 Å². The highest BCUT2D eigenvalue weighted by Crippen LogP contribution is 2.31. The first kappa shape index (κ1) is 16.6. The molecule has 0 spiro atoms. The van der Waals surface area contributed by atoms with E-state index in [4.69, 9.17) is 16.0 Å². The van der Waals surface area contributed by atoms with Crippen LogP contribution in [0.4, 0.5) is 14.8 Å². The maximum Gasteiger partial charge on any atom is 0.316 e. The number of amides is 1. The molecule has 1 amide bonds. The second-order valence-electron chi connectivity index (χ2n) is 5.70. The van der Waals surface area contributed by atoms with Crippen molar-refractivity contribution in [2.75, 3.05) is 18.4 Å². The number of rotatable bonds is 4. The van der Waals surface area contributed by atoms with Crippen molar-refractivity contribution in [2.24, 2.45) is 0 Å². The van der Waals surface area contributed by atoms with Crippen molar-refractivity contribution in [3.8, 4) is 11.5 Å². The van der Waals surface area contributed by atoms with Crippen molar-refractivity contribution in [3.63, 3.8) is 0 Å². The van der Waals surface area contributed by atoms with Gasteiger partial charge in [0.05, 0.1) is 13.1 Å². The number of halogens is 3. The zero-order chi connectivity index (χ0) is 17.3. The van der Waals surface area contributed by atoms with E-state index in [0.29, 0.717) is 10.6 Å². The number of carbonyl (C=O) groups excluding carboxylic acids is 1. The Morgan fingerprint density at radius 2 is 2.12 bits per heavy atom. The summed E-state index contributed by atoms with van der Waals surface area (Å²) < 4.78 is 32.0. The van der Waals surface area contributed by atoms with Gasteiger partial charge in [-0.2, -0.15) is 0 Å². The third kappa shape index (κ3) is 3.64. The summed E-state index contributed by atoms with van der Waals surface area (Å²) in [6.07, 6.45) is -0.319. The molecule has 1 atom stereocenters. The number of hydrogen-bond acceptors (Lipinski definition) is 5. The molecule has 1 unspecified atom stereocenters. The molecule has 1 aliphatic heterocycles. The van der Waals surface area contributed by atoms with Crippen molar-refractivity contribution in [1.82, 2.24) is 15.1 Å². The first-order chi connectivity index (χ1) is 11.3. The monoisotopic (exact) mass is 356 g/mol. The molecule has 2 aromatic rings. The average Bonchev–Trinajstić information content (AvgIpc) is 3.09. The minimum absolute atomic E-state index is 0.0481. The zero-order valence-electron chi connectivity index (χ0n) is 12.8. The number of anilines is 1. The molecule has 0 saturated carbocycles. The van der Waals surface area contributed by atoms with Gasteiger partial charge in [0.1, 0.15) is 0 Å². The van der Waals surface area contributed by atoms with Crippen molar-refractivity contribution < 1.29 is 18.0 Å². The van der Waals surface area contributed by atoms with Crippen molar-refractivity contribution in [3.05, 3.63) is 29.3 Å². The second kappa shape index (κ2) is 6.35. The average molecular weight is 357 g/mol. The summed E-state index contributed by atoms with van der Waals surface area (Å²) in [5.74, 6) is -3.00. The molecule has 24 heavy (non-hydrogen) atoms. The molecule has 0 aliphatic carbocycles. The highest BCUT2D eigenvalue weighted by atomic mass is 35.5. The summed E-state index contributed by atoms with van der Waals surface area (Å²) in [6.45, 7) is 0.849. The topological polar surface area (TPSA) is 71.3 Å². The van der Waals surface area contributed by atoms with Gasteiger partial charge in [-0.05, 0) is 31.2 Å².